The zero-order valence-electron chi connectivity index (χ0n) is 49.9. The predicted octanol–water partition coefficient (Wildman–Crippen LogP) is 3.79. The van der Waals surface area contributed by atoms with Crippen molar-refractivity contribution in [3.63, 3.8) is 0 Å². The van der Waals surface area contributed by atoms with Gasteiger partial charge in [0, 0.05) is 67.1 Å². The summed E-state index contributed by atoms with van der Waals surface area (Å²) in [5.41, 5.74) is 7.03. The molecule has 2 saturated heterocycles. The number of aliphatic hydroxyl groups excluding tert-OH is 2. The number of Topliss-reactive ketones (excluding diaryl/α,β-unsaturated/α-hetero) is 2. The van der Waals surface area contributed by atoms with E-state index in [0.29, 0.717) is 60.4 Å². The number of phenols is 1. The molecule has 1 saturated carbocycles. The van der Waals surface area contributed by atoms with Crippen molar-refractivity contribution in [1.29, 1.82) is 0 Å². The Morgan fingerprint density at radius 2 is 1.60 bits per heavy atom. The number of amides is 3. The summed E-state index contributed by atoms with van der Waals surface area (Å²) in [6.07, 6.45) is 7.40. The normalized spacial score (nSPS) is 24.9. The molecule has 0 unspecified atom stereocenters. The first-order chi connectivity index (χ1) is 41.7. The molecule has 3 amide bonds. The number of carbonyl (C=O) groups is 6. The van der Waals surface area contributed by atoms with Gasteiger partial charge in [-0.3, -0.25) is 33.9 Å². The van der Waals surface area contributed by atoms with Gasteiger partial charge in [0.25, 0.3) is 17.4 Å². The zero-order valence-corrected chi connectivity index (χ0v) is 49.9. The van der Waals surface area contributed by atoms with E-state index in [1.54, 1.807) is 37.7 Å². The number of ketones is 2. The molecule has 0 spiro atoms. The molecule has 0 radical (unpaired) electrons. The number of hydrogen-bond donors (Lipinski definition) is 9. The number of cyclic esters (lactones) is 1. The molecule has 3 fully saturated rings. The fourth-order valence-electron chi connectivity index (χ4n) is 13.6. The van der Waals surface area contributed by atoms with Crippen LogP contribution in [0, 0.1) is 11.8 Å². The lowest BCUT2D eigenvalue weighted by molar-refractivity contribution is -0.172. The number of benzene rings is 2. The van der Waals surface area contributed by atoms with E-state index in [1.165, 1.54) is 87.8 Å². The van der Waals surface area contributed by atoms with Crippen LogP contribution in [0.4, 0.5) is 10.6 Å². The van der Waals surface area contributed by atoms with Crippen molar-refractivity contribution in [2.45, 2.75) is 114 Å². The zero-order chi connectivity index (χ0) is 63.6. The number of piperidine rings is 2. The lowest BCUT2D eigenvalue weighted by atomic mass is 9.54. The number of imidazole rings is 1. The molecule has 7 heterocycles. The summed E-state index contributed by atoms with van der Waals surface area (Å²) in [7, 11) is 6.42. The smallest absolute Gasteiger partial charge is 0.415 e. The fourth-order valence-corrected chi connectivity index (χ4v) is 13.6. The minimum absolute atomic E-state index is 0.0951. The van der Waals surface area contributed by atoms with Gasteiger partial charge in [-0.2, -0.15) is 0 Å². The van der Waals surface area contributed by atoms with Gasteiger partial charge in [0.05, 0.1) is 52.5 Å². The van der Waals surface area contributed by atoms with Gasteiger partial charge in [0.15, 0.2) is 22.7 Å². The highest BCUT2D eigenvalue weighted by Crippen LogP contribution is 2.57. The number of nitrogens with one attached hydrogen (secondary N) is 1. The molecule has 3 aromatic heterocycles. The summed E-state index contributed by atoms with van der Waals surface area (Å²) in [5, 5.41) is 75.8. The van der Waals surface area contributed by atoms with Crippen molar-refractivity contribution in [2.75, 3.05) is 54.4 Å². The van der Waals surface area contributed by atoms with Crippen LogP contribution in [0.3, 0.4) is 0 Å². The third-order valence-electron chi connectivity index (χ3n) is 18.2. The lowest BCUT2D eigenvalue weighted by Crippen LogP contribution is -2.67. The minimum Gasteiger partial charge on any atom is -0.508 e. The summed E-state index contributed by atoms with van der Waals surface area (Å²) in [4.78, 5) is 106. The monoisotopic (exact) mass is 1210 g/mol. The summed E-state index contributed by atoms with van der Waals surface area (Å²) in [5.74, 6) is -8.57. The number of pyridine rings is 2. The second kappa shape index (κ2) is 23.7. The number of likely N-dealkylation sites (N-methyl/N-ethyl adjacent to an activating group) is 1. The molecule has 3 aliphatic carbocycles. The summed E-state index contributed by atoms with van der Waals surface area (Å²) in [6.45, 7) is 9.05. The first-order valence-electron chi connectivity index (χ1n) is 29.2. The molecular weight excluding hydrogens is 1140 g/mol. The van der Waals surface area contributed by atoms with Gasteiger partial charge in [-0.15, -0.1) is 5.11 Å². The van der Waals surface area contributed by atoms with Gasteiger partial charge in [-0.1, -0.05) is 37.6 Å². The van der Waals surface area contributed by atoms with Crippen molar-refractivity contribution >= 4 is 57.9 Å². The number of rotatable bonds is 9. The fraction of sp³-hybridized carbons (Fsp3) is 0.459. The quantitative estimate of drug-likeness (QED) is 0.0430. The van der Waals surface area contributed by atoms with Crippen molar-refractivity contribution in [3.05, 3.63) is 115 Å². The summed E-state index contributed by atoms with van der Waals surface area (Å²) >= 11 is 0. The number of phenolic OH excluding ortho intramolecular Hbond substituents is 1. The Balaban J connectivity index is 0.000000166. The standard InChI is InChI=1S/C33H38N4O6.C22H24N2O8.C6H10N6O/c1-3-22-23-16-21(43-32(40)36-14-10-20(11-15-36)35-12-6-5-7-13-35)8-9-27(23)34-29-24(22)18-37-28(29)17-26-25(30(37)38)19-42-31(39)33(26,41)4-2;1-21(31)8-5-4-6-11(25)12(8)16(26)13-9(21)7-10-15(24(2)3)17(27)14(20(23)30)19(29)22(10,32)18(13)28;1-12(2)11-10-6-4(5(7)13)8-3-9-6/h8-9,16-17,20,41H,3-7,10-15,18-19H2,1-2H3;4-6,9-10,15,25-26,29,31-32H,7H2,1-3H3,(H2,23,30);3H,1-2H3,(H2,7,13)(H,8,9)/t33-;9-,10-,15-,21+,22-;/m00./s1. The molecule has 12 rings (SSSR count). The van der Waals surface area contributed by atoms with Crippen molar-refractivity contribution in [2.24, 2.45) is 33.6 Å². The van der Waals surface area contributed by atoms with E-state index in [-0.39, 0.29) is 53.7 Å². The van der Waals surface area contributed by atoms with Crippen molar-refractivity contribution < 1.29 is 68.9 Å². The maximum atomic E-state index is 13.7. The van der Waals surface area contributed by atoms with Crippen LogP contribution < -0.4 is 21.8 Å². The molecule has 27 heteroatoms. The van der Waals surface area contributed by atoms with Crippen molar-refractivity contribution in [1.82, 2.24) is 39.2 Å². The molecule has 27 nitrogen and oxygen atoms in total. The predicted molar refractivity (Wildman–Crippen MR) is 315 cm³/mol. The molecular formula is C61H72N12O15. The average Bonchev–Trinajstić information content (AvgIpc) is 1.21. The van der Waals surface area contributed by atoms with E-state index in [9.17, 15) is 64.2 Å². The van der Waals surface area contributed by atoms with Crippen LogP contribution in [0.2, 0.25) is 0 Å². The maximum absolute atomic E-state index is 13.7. The number of fused-ring (bicyclic) bond motifs is 8. The molecule has 11 N–H and O–H groups in total. The number of H-pyrrole nitrogens is 1. The third-order valence-corrected chi connectivity index (χ3v) is 18.2. The van der Waals surface area contributed by atoms with Crippen LogP contribution in [-0.2, 0) is 54.7 Å². The van der Waals surface area contributed by atoms with E-state index >= 15 is 0 Å². The number of nitrogens with two attached hydrogens (primary N) is 2. The van der Waals surface area contributed by atoms with Gasteiger partial charge < -0.3 is 70.9 Å². The Morgan fingerprint density at radius 3 is 2.24 bits per heavy atom. The average molecular weight is 1210 g/mol. The number of esters is 1. The highest BCUT2D eigenvalue weighted by atomic mass is 16.6. The van der Waals surface area contributed by atoms with Gasteiger partial charge in [-0.05, 0) is 121 Å². The SMILES string of the molecule is CCc1c2c(nc3ccc(OC(=O)N4CCC(N5CCCCC5)CC4)cc13)-c1cc3c(c(=O)n1C2)COC(=O)[C@]3(O)CC.CN(C)N=Nc1nc[nH]c1C(N)=O.CN(C)[C@@H]1C(=O)C(C(N)=O)=C(O)[C@@]2(O)C(=O)C3=C(O)c4c(O)cccc4[C@@](C)(O)[C@H]3C[C@@H]12. The van der Waals surface area contributed by atoms with Gasteiger partial charge in [0.1, 0.15) is 35.2 Å². The number of aliphatic hydroxyl groups is 5. The molecule has 88 heavy (non-hydrogen) atoms. The highest BCUT2D eigenvalue weighted by molar-refractivity contribution is 6.24. The Bertz CT molecular complexity index is 3870. The molecule has 0 bridgehead atoms. The van der Waals surface area contributed by atoms with Crippen LogP contribution >= 0.6 is 0 Å². The van der Waals surface area contributed by atoms with Crippen molar-refractivity contribution in [3.8, 4) is 22.9 Å². The topological polar surface area (TPSA) is 396 Å². The molecule has 7 aliphatic rings. The second-order valence-corrected chi connectivity index (χ2v) is 23.7. The van der Waals surface area contributed by atoms with Gasteiger partial charge >= 0.3 is 12.1 Å². The maximum Gasteiger partial charge on any atom is 0.415 e. The van der Waals surface area contributed by atoms with E-state index < -0.39 is 92.4 Å². The lowest BCUT2D eigenvalue weighted by Gasteiger charge is -2.53. The van der Waals surface area contributed by atoms with Crippen LogP contribution in [0.1, 0.15) is 110 Å². The Hall–Kier alpha value is -8.89. The number of likely N-dealkylation sites (tertiary alicyclic amines) is 2. The largest absolute Gasteiger partial charge is 0.508 e. The van der Waals surface area contributed by atoms with Crippen LogP contribution in [-0.4, -0.2) is 177 Å². The van der Waals surface area contributed by atoms with Crippen LogP contribution in [0.5, 0.6) is 11.5 Å². The van der Waals surface area contributed by atoms with E-state index in [2.05, 4.69) is 32.1 Å². The second-order valence-electron chi connectivity index (χ2n) is 23.7. The summed E-state index contributed by atoms with van der Waals surface area (Å²) in [6, 6.07) is 10.8. The Labute approximate surface area is 504 Å². The van der Waals surface area contributed by atoms with E-state index in [4.69, 9.17) is 25.9 Å². The third kappa shape index (κ3) is 10.4. The van der Waals surface area contributed by atoms with E-state index in [1.807, 2.05) is 17.0 Å². The van der Waals surface area contributed by atoms with Crippen LogP contribution in [0.15, 0.2) is 80.8 Å². The number of carbonyl (C=O) groups excluding carboxylic acids is 6. The number of aromatic hydroxyl groups is 1. The Morgan fingerprint density at radius 1 is 0.898 bits per heavy atom. The molecule has 466 valence electrons. The molecule has 6 atom stereocenters. The number of aromatic nitrogens is 4. The number of ether oxygens (including phenoxy) is 2. The molecule has 2 aromatic carbocycles. The number of nitrogens with zero attached hydrogens (tertiary/aromatic N) is 9. The number of aromatic amines is 1. The Kier molecular flexibility index (Phi) is 16.7. The number of hydrogen-bond acceptors (Lipinski definition) is 21. The van der Waals surface area contributed by atoms with E-state index in [0.717, 1.165) is 34.9 Å². The summed E-state index contributed by atoms with van der Waals surface area (Å²) < 4.78 is 12.7. The van der Waals surface area contributed by atoms with Gasteiger partial charge in [0.2, 0.25) is 11.6 Å². The first-order valence-corrected chi connectivity index (χ1v) is 29.2. The van der Waals surface area contributed by atoms with Gasteiger partial charge in [-0.25, -0.2) is 19.6 Å². The number of aryl methyl sites for hydroxylation is 1. The first kappa shape index (κ1) is 62.2. The van der Waals surface area contributed by atoms with Crippen LogP contribution in [0.25, 0.3) is 28.0 Å². The molecule has 4 aliphatic heterocycles. The molecule has 5 aromatic rings. The minimum atomic E-state index is -2.75. The number of primary amides is 2. The highest BCUT2D eigenvalue weighted by Gasteiger charge is 2.66.